The number of aromatic nitrogens is 3. The van der Waals surface area contributed by atoms with Crippen LogP contribution in [0, 0.1) is 6.92 Å². The third-order valence-corrected chi connectivity index (χ3v) is 4.90. The summed E-state index contributed by atoms with van der Waals surface area (Å²) in [4.78, 5) is 29.1. The van der Waals surface area contributed by atoms with E-state index in [0.717, 1.165) is 29.5 Å². The third-order valence-electron chi connectivity index (χ3n) is 4.90. The van der Waals surface area contributed by atoms with Gasteiger partial charge in [0, 0.05) is 6.20 Å². The molecule has 9 nitrogen and oxygen atoms in total. The quantitative estimate of drug-likeness (QED) is 0.465. The second kappa shape index (κ2) is 10.3. The van der Waals surface area contributed by atoms with Crippen LogP contribution in [0.2, 0.25) is 0 Å². The lowest BCUT2D eigenvalue weighted by Crippen LogP contribution is -2.25. The fourth-order valence-electron chi connectivity index (χ4n) is 3.15. The lowest BCUT2D eigenvalue weighted by Gasteiger charge is -2.12. The fourth-order valence-corrected chi connectivity index (χ4v) is 3.15. The van der Waals surface area contributed by atoms with Gasteiger partial charge >= 0.3 is 18.1 Å². The molecule has 2 N–H and O–H groups in total. The van der Waals surface area contributed by atoms with Gasteiger partial charge in [0.05, 0.1) is 36.4 Å². The second-order valence-electron chi connectivity index (χ2n) is 7.30. The van der Waals surface area contributed by atoms with Crippen LogP contribution >= 0.6 is 0 Å². The van der Waals surface area contributed by atoms with Gasteiger partial charge < -0.3 is 14.6 Å². The van der Waals surface area contributed by atoms with Gasteiger partial charge in [-0.2, -0.15) is 0 Å². The average Bonchev–Trinajstić information content (AvgIpc) is 2.98. The van der Waals surface area contributed by atoms with E-state index in [2.05, 4.69) is 15.0 Å². The number of imidazole rings is 1. The van der Waals surface area contributed by atoms with E-state index in [1.807, 2.05) is 6.92 Å². The van der Waals surface area contributed by atoms with Crippen molar-refractivity contribution in [2.24, 2.45) is 0 Å². The molecule has 0 atom stereocenters. The third kappa shape index (κ3) is 5.88. The fraction of sp³-hybridized carbons (Fsp3) is 0.318. The highest BCUT2D eigenvalue weighted by Crippen LogP contribution is 2.26. The lowest BCUT2D eigenvalue weighted by atomic mass is 10.2. The highest BCUT2D eigenvalue weighted by Gasteiger charge is 2.31. The van der Waals surface area contributed by atoms with Crippen molar-refractivity contribution < 1.29 is 32.5 Å². The number of anilines is 1. The summed E-state index contributed by atoms with van der Waals surface area (Å²) >= 11 is 0. The Morgan fingerprint density at radius 3 is 2.56 bits per heavy atom. The number of halogens is 3. The molecule has 34 heavy (non-hydrogen) atoms. The summed E-state index contributed by atoms with van der Waals surface area (Å²) in [5.41, 5.74) is 0.586. The van der Waals surface area contributed by atoms with Gasteiger partial charge in [-0.1, -0.05) is 13.3 Å². The van der Waals surface area contributed by atoms with Crippen molar-refractivity contribution in [1.29, 1.82) is 0 Å². The number of nitrogens with zero attached hydrogens (tertiary/aromatic N) is 3. The van der Waals surface area contributed by atoms with Crippen molar-refractivity contribution in [3.8, 4) is 17.3 Å². The second-order valence-corrected chi connectivity index (χ2v) is 7.30. The van der Waals surface area contributed by atoms with Crippen molar-refractivity contribution in [3.63, 3.8) is 0 Å². The van der Waals surface area contributed by atoms with Gasteiger partial charge in [-0.05, 0) is 49.2 Å². The van der Waals surface area contributed by atoms with E-state index in [1.165, 1.54) is 36.0 Å². The SMILES string of the molecule is CCCCOC(=O)Nc1cnccc1Cn1c(C)c(O)n(-c2ccc(OC(F)(F)F)cc2)c1=O. The van der Waals surface area contributed by atoms with Gasteiger partial charge in [-0.15, -0.1) is 13.2 Å². The van der Waals surface area contributed by atoms with Crippen LogP contribution in [0.25, 0.3) is 5.69 Å². The number of hydrogen-bond acceptors (Lipinski definition) is 6. The Labute approximate surface area is 192 Å². The minimum atomic E-state index is -4.85. The van der Waals surface area contributed by atoms with Crippen LogP contribution in [0.3, 0.4) is 0 Å². The van der Waals surface area contributed by atoms with E-state index in [0.29, 0.717) is 11.3 Å². The number of alkyl halides is 3. The van der Waals surface area contributed by atoms with Gasteiger partial charge in [0.15, 0.2) is 0 Å². The van der Waals surface area contributed by atoms with Crippen molar-refractivity contribution in [2.45, 2.75) is 39.6 Å². The predicted molar refractivity (Wildman–Crippen MR) is 116 cm³/mol. The predicted octanol–water partition coefficient (Wildman–Crippen LogP) is 4.34. The number of unbranched alkanes of at least 4 members (excludes halogenated alkanes) is 1. The van der Waals surface area contributed by atoms with Gasteiger partial charge in [-0.3, -0.25) is 14.9 Å². The molecule has 2 aromatic heterocycles. The van der Waals surface area contributed by atoms with Gasteiger partial charge in [0.1, 0.15) is 5.75 Å². The zero-order chi connectivity index (χ0) is 24.9. The molecular formula is C22H23F3N4O5. The first-order valence-corrected chi connectivity index (χ1v) is 10.3. The van der Waals surface area contributed by atoms with Crippen LogP contribution in [0.15, 0.2) is 47.5 Å². The maximum atomic E-state index is 13.1. The highest BCUT2D eigenvalue weighted by atomic mass is 19.4. The molecule has 1 amide bonds. The standard InChI is InChI=1S/C22H23F3N4O5/c1-3-4-11-33-20(31)27-18-12-26-10-9-15(18)13-28-14(2)19(30)29(21(28)32)16-5-7-17(8-6-16)34-22(23,24)25/h5-10,12,30H,3-4,11,13H2,1-2H3,(H,27,31). The molecule has 0 radical (unpaired) electrons. The van der Waals surface area contributed by atoms with Crippen molar-refractivity contribution in [1.82, 2.24) is 14.1 Å². The largest absolute Gasteiger partial charge is 0.573 e. The Hall–Kier alpha value is -3.96. The first-order chi connectivity index (χ1) is 16.1. The number of carbonyl (C=O) groups excluding carboxylic acids is 1. The Kier molecular flexibility index (Phi) is 7.49. The normalized spacial score (nSPS) is 11.3. The number of carbonyl (C=O) groups is 1. The molecule has 0 aliphatic rings. The van der Waals surface area contributed by atoms with Crippen LogP contribution in [0.5, 0.6) is 11.6 Å². The monoisotopic (exact) mass is 480 g/mol. The topological polar surface area (TPSA) is 108 Å². The molecule has 0 spiro atoms. The Morgan fingerprint density at radius 1 is 1.21 bits per heavy atom. The average molecular weight is 480 g/mol. The summed E-state index contributed by atoms with van der Waals surface area (Å²) in [6, 6.07) is 6.12. The zero-order valence-electron chi connectivity index (χ0n) is 18.4. The van der Waals surface area contributed by atoms with Crippen LogP contribution in [0.1, 0.15) is 31.0 Å². The molecule has 1 aromatic carbocycles. The molecule has 2 heterocycles. The minimum Gasteiger partial charge on any atom is -0.493 e. The summed E-state index contributed by atoms with van der Waals surface area (Å²) in [6.45, 7) is 3.72. The molecule has 12 heteroatoms. The molecule has 182 valence electrons. The summed E-state index contributed by atoms with van der Waals surface area (Å²) in [5.74, 6) is -0.838. The maximum Gasteiger partial charge on any atom is 0.573 e. The number of nitrogens with one attached hydrogen (secondary N) is 1. The number of benzene rings is 1. The Bertz CT molecular complexity index is 1200. The highest BCUT2D eigenvalue weighted by molar-refractivity contribution is 5.85. The van der Waals surface area contributed by atoms with Crippen molar-refractivity contribution in [3.05, 3.63) is 64.5 Å². The molecular weight excluding hydrogens is 457 g/mol. The Morgan fingerprint density at radius 2 is 1.91 bits per heavy atom. The maximum absolute atomic E-state index is 13.1. The molecule has 0 fully saturated rings. The first-order valence-electron chi connectivity index (χ1n) is 10.3. The van der Waals surface area contributed by atoms with E-state index >= 15 is 0 Å². The van der Waals surface area contributed by atoms with E-state index in [9.17, 15) is 27.9 Å². The number of rotatable bonds is 8. The van der Waals surface area contributed by atoms with E-state index in [1.54, 1.807) is 6.07 Å². The van der Waals surface area contributed by atoms with Crippen molar-refractivity contribution in [2.75, 3.05) is 11.9 Å². The first kappa shape index (κ1) is 24.7. The van der Waals surface area contributed by atoms with E-state index in [-0.39, 0.29) is 30.4 Å². The summed E-state index contributed by atoms with van der Waals surface area (Å²) < 4.78 is 48.3. The molecule has 0 unspecified atom stereocenters. The van der Waals surface area contributed by atoms with E-state index in [4.69, 9.17) is 4.74 Å². The zero-order valence-corrected chi connectivity index (χ0v) is 18.4. The molecule has 0 aliphatic heterocycles. The van der Waals surface area contributed by atoms with Gasteiger partial charge in [0.25, 0.3) is 0 Å². The smallest absolute Gasteiger partial charge is 0.493 e. The number of ether oxygens (including phenoxy) is 2. The van der Waals surface area contributed by atoms with Crippen LogP contribution in [-0.4, -0.2) is 38.3 Å². The lowest BCUT2D eigenvalue weighted by molar-refractivity contribution is -0.274. The number of pyridine rings is 1. The molecule has 0 saturated heterocycles. The molecule has 0 saturated carbocycles. The molecule has 0 aliphatic carbocycles. The minimum absolute atomic E-state index is 0.0202. The van der Waals surface area contributed by atoms with Gasteiger partial charge in [0.2, 0.25) is 5.88 Å². The summed E-state index contributed by atoms with van der Waals surface area (Å²) in [6.07, 6.45) is -1.02. The van der Waals surface area contributed by atoms with Crippen LogP contribution < -0.4 is 15.7 Å². The van der Waals surface area contributed by atoms with Crippen LogP contribution in [-0.2, 0) is 11.3 Å². The van der Waals surface area contributed by atoms with Crippen molar-refractivity contribution >= 4 is 11.8 Å². The summed E-state index contributed by atoms with van der Waals surface area (Å²) in [7, 11) is 0. The molecule has 0 bridgehead atoms. The summed E-state index contributed by atoms with van der Waals surface area (Å²) in [5, 5.41) is 13.1. The Balaban J connectivity index is 1.86. The number of aromatic hydroxyl groups is 1. The number of amides is 1. The van der Waals surface area contributed by atoms with E-state index < -0.39 is 23.9 Å². The van der Waals surface area contributed by atoms with Crippen LogP contribution in [0.4, 0.5) is 23.7 Å². The van der Waals surface area contributed by atoms with Gasteiger partial charge in [-0.25, -0.2) is 14.2 Å². The molecule has 3 aromatic rings. The number of hydrogen-bond donors (Lipinski definition) is 2. The molecule has 3 rings (SSSR count).